The first-order valence-electron chi connectivity index (χ1n) is 5.13. The Morgan fingerprint density at radius 1 is 1.12 bits per heavy atom. The van der Waals surface area contributed by atoms with Crippen LogP contribution in [0.2, 0.25) is 0 Å². The maximum absolute atomic E-state index is 11.0. The minimum Gasteiger partial charge on any atom is -0.481 e. The van der Waals surface area contributed by atoms with Gasteiger partial charge in [-0.1, -0.05) is 6.58 Å². The van der Waals surface area contributed by atoms with Gasteiger partial charge in [-0.25, -0.2) is 4.79 Å². The van der Waals surface area contributed by atoms with Gasteiger partial charge in [0.05, 0.1) is 13.0 Å². The molecular weight excluding hydrogens is 228 g/mol. The Morgan fingerprint density at radius 2 is 1.76 bits per heavy atom. The third-order valence-electron chi connectivity index (χ3n) is 1.69. The van der Waals surface area contributed by atoms with E-state index < -0.39 is 17.9 Å². The Balaban J connectivity index is 3.48. The molecule has 0 saturated heterocycles. The lowest BCUT2D eigenvalue weighted by Gasteiger charge is -2.04. The van der Waals surface area contributed by atoms with Crippen molar-refractivity contribution in [2.75, 3.05) is 13.2 Å². The standard InChI is InChI=1S/C11H16O6/c1-8(2)11(15)17-6-3-4-10(14)16-7-5-9(12)13/h1,3-7H2,2H3,(H,12,13). The van der Waals surface area contributed by atoms with Gasteiger partial charge in [0.15, 0.2) is 0 Å². The van der Waals surface area contributed by atoms with Gasteiger partial charge >= 0.3 is 17.9 Å². The molecule has 0 rings (SSSR count). The highest BCUT2D eigenvalue weighted by Crippen LogP contribution is 1.98. The van der Waals surface area contributed by atoms with Crippen LogP contribution in [0.25, 0.3) is 0 Å². The van der Waals surface area contributed by atoms with Gasteiger partial charge in [-0.05, 0) is 13.3 Å². The second kappa shape index (κ2) is 8.32. The molecule has 0 saturated carbocycles. The van der Waals surface area contributed by atoms with Gasteiger partial charge in [0.1, 0.15) is 6.61 Å². The van der Waals surface area contributed by atoms with Crippen molar-refractivity contribution in [1.82, 2.24) is 0 Å². The number of esters is 2. The predicted molar refractivity (Wildman–Crippen MR) is 58.2 cm³/mol. The molecular formula is C11H16O6. The van der Waals surface area contributed by atoms with E-state index in [1.807, 2.05) is 0 Å². The van der Waals surface area contributed by atoms with Crippen LogP contribution in [0.4, 0.5) is 0 Å². The van der Waals surface area contributed by atoms with Gasteiger partial charge in [0, 0.05) is 12.0 Å². The summed E-state index contributed by atoms with van der Waals surface area (Å²) in [5.74, 6) is -2.02. The molecule has 0 aromatic heterocycles. The molecule has 0 fully saturated rings. The van der Waals surface area contributed by atoms with E-state index >= 15 is 0 Å². The normalized spacial score (nSPS) is 9.47. The van der Waals surface area contributed by atoms with Crippen LogP contribution in [0.15, 0.2) is 12.2 Å². The van der Waals surface area contributed by atoms with E-state index in [2.05, 4.69) is 11.3 Å². The van der Waals surface area contributed by atoms with E-state index in [9.17, 15) is 14.4 Å². The zero-order valence-corrected chi connectivity index (χ0v) is 9.73. The molecule has 0 aromatic carbocycles. The Labute approximate surface area is 99.2 Å². The van der Waals surface area contributed by atoms with E-state index in [4.69, 9.17) is 9.84 Å². The number of hydrogen-bond donors (Lipinski definition) is 1. The summed E-state index contributed by atoms with van der Waals surface area (Å²) in [7, 11) is 0. The largest absolute Gasteiger partial charge is 0.481 e. The van der Waals surface area contributed by atoms with Crippen molar-refractivity contribution in [1.29, 1.82) is 0 Å². The van der Waals surface area contributed by atoms with Crippen molar-refractivity contribution in [2.45, 2.75) is 26.2 Å². The highest BCUT2D eigenvalue weighted by atomic mass is 16.5. The lowest BCUT2D eigenvalue weighted by molar-refractivity contribution is -0.148. The fourth-order valence-corrected chi connectivity index (χ4v) is 0.829. The molecule has 0 aliphatic rings. The van der Waals surface area contributed by atoms with Crippen molar-refractivity contribution in [3.05, 3.63) is 12.2 Å². The first kappa shape index (κ1) is 15.2. The summed E-state index contributed by atoms with van der Waals surface area (Å²) in [5.41, 5.74) is 0.300. The number of hydrogen-bond acceptors (Lipinski definition) is 5. The SMILES string of the molecule is C=C(C)C(=O)OCCCC(=O)OCCC(=O)O. The Kier molecular flexibility index (Phi) is 7.41. The summed E-state index contributed by atoms with van der Waals surface area (Å²) in [6.07, 6.45) is 0.213. The predicted octanol–water partition coefficient (Wildman–Crippen LogP) is 0.904. The number of carbonyl (C=O) groups excluding carboxylic acids is 2. The minimum absolute atomic E-state index is 0.0864. The summed E-state index contributed by atoms with van der Waals surface area (Å²) < 4.78 is 9.39. The van der Waals surface area contributed by atoms with Crippen LogP contribution < -0.4 is 0 Å². The van der Waals surface area contributed by atoms with Gasteiger partial charge in [-0.3, -0.25) is 9.59 Å². The van der Waals surface area contributed by atoms with Crippen LogP contribution in [0.5, 0.6) is 0 Å². The first-order valence-corrected chi connectivity index (χ1v) is 5.13. The Bertz CT molecular complexity index is 307. The molecule has 0 aliphatic carbocycles. The maximum atomic E-state index is 11.0. The maximum Gasteiger partial charge on any atom is 0.333 e. The van der Waals surface area contributed by atoms with Crippen LogP contribution in [0.3, 0.4) is 0 Å². The van der Waals surface area contributed by atoms with Crippen molar-refractivity contribution in [3.8, 4) is 0 Å². The van der Waals surface area contributed by atoms with Crippen molar-refractivity contribution >= 4 is 17.9 Å². The topological polar surface area (TPSA) is 89.9 Å². The van der Waals surface area contributed by atoms with Crippen LogP contribution in [0.1, 0.15) is 26.2 Å². The number of carbonyl (C=O) groups is 3. The van der Waals surface area contributed by atoms with Gasteiger partial charge in [-0.15, -0.1) is 0 Å². The van der Waals surface area contributed by atoms with Gasteiger partial charge in [0.25, 0.3) is 0 Å². The van der Waals surface area contributed by atoms with Gasteiger partial charge in [-0.2, -0.15) is 0 Å². The molecule has 0 aliphatic heterocycles. The van der Waals surface area contributed by atoms with Crippen LogP contribution in [0, 0.1) is 0 Å². The molecule has 6 nitrogen and oxygen atoms in total. The molecule has 0 radical (unpaired) electrons. The molecule has 1 N–H and O–H groups in total. The lowest BCUT2D eigenvalue weighted by atomic mass is 10.3. The summed E-state index contributed by atoms with van der Waals surface area (Å²) in [4.78, 5) is 32.1. The highest BCUT2D eigenvalue weighted by Gasteiger charge is 2.06. The monoisotopic (exact) mass is 244 g/mol. The van der Waals surface area contributed by atoms with E-state index in [0.29, 0.717) is 12.0 Å². The molecule has 0 unspecified atom stereocenters. The number of ether oxygens (including phenoxy) is 2. The van der Waals surface area contributed by atoms with Gasteiger partial charge in [0.2, 0.25) is 0 Å². The molecule has 0 bridgehead atoms. The highest BCUT2D eigenvalue weighted by molar-refractivity contribution is 5.86. The molecule has 0 amide bonds. The van der Waals surface area contributed by atoms with E-state index in [1.165, 1.54) is 6.92 Å². The molecule has 6 heteroatoms. The smallest absolute Gasteiger partial charge is 0.333 e. The Morgan fingerprint density at radius 3 is 2.29 bits per heavy atom. The fraction of sp³-hybridized carbons (Fsp3) is 0.545. The minimum atomic E-state index is -1.02. The zero-order valence-electron chi connectivity index (χ0n) is 9.73. The molecule has 96 valence electrons. The van der Waals surface area contributed by atoms with Gasteiger partial charge < -0.3 is 14.6 Å². The third kappa shape index (κ3) is 9.10. The Hall–Kier alpha value is -1.85. The van der Waals surface area contributed by atoms with Crippen LogP contribution in [-0.2, 0) is 23.9 Å². The fourth-order valence-electron chi connectivity index (χ4n) is 0.829. The van der Waals surface area contributed by atoms with E-state index in [-0.39, 0.29) is 26.1 Å². The zero-order chi connectivity index (χ0) is 13.3. The molecule has 0 atom stereocenters. The molecule has 0 aromatic rings. The lowest BCUT2D eigenvalue weighted by Crippen LogP contribution is -2.11. The van der Waals surface area contributed by atoms with Crippen LogP contribution >= 0.6 is 0 Å². The number of carboxylic acids is 1. The first-order chi connectivity index (χ1) is 7.93. The summed E-state index contributed by atoms with van der Waals surface area (Å²) >= 11 is 0. The molecule has 17 heavy (non-hydrogen) atoms. The number of aliphatic carboxylic acids is 1. The summed E-state index contributed by atoms with van der Waals surface area (Å²) in [6, 6.07) is 0. The van der Waals surface area contributed by atoms with Crippen molar-refractivity contribution < 1.29 is 29.0 Å². The summed E-state index contributed by atoms with van der Waals surface area (Å²) in [6.45, 7) is 4.91. The second-order valence-electron chi connectivity index (χ2n) is 3.38. The quantitative estimate of drug-likeness (QED) is 0.387. The molecule has 0 heterocycles. The number of rotatable bonds is 8. The summed E-state index contributed by atoms with van der Waals surface area (Å²) in [5, 5.41) is 8.30. The third-order valence-corrected chi connectivity index (χ3v) is 1.69. The number of carboxylic acid groups (broad SMARTS) is 1. The van der Waals surface area contributed by atoms with Crippen molar-refractivity contribution in [2.24, 2.45) is 0 Å². The van der Waals surface area contributed by atoms with Crippen LogP contribution in [-0.4, -0.2) is 36.2 Å². The molecule has 0 spiro atoms. The average molecular weight is 244 g/mol. The second-order valence-corrected chi connectivity index (χ2v) is 3.38. The van der Waals surface area contributed by atoms with E-state index in [0.717, 1.165) is 0 Å². The van der Waals surface area contributed by atoms with Crippen molar-refractivity contribution in [3.63, 3.8) is 0 Å². The van der Waals surface area contributed by atoms with E-state index in [1.54, 1.807) is 0 Å². The average Bonchev–Trinajstić information content (AvgIpc) is 2.23.